The molecule has 0 bridgehead atoms. The van der Waals surface area contributed by atoms with E-state index in [2.05, 4.69) is 19.2 Å². The Labute approximate surface area is 130 Å². The van der Waals surface area contributed by atoms with Crippen LogP contribution in [0.15, 0.2) is 36.4 Å². The Morgan fingerprint density at radius 2 is 1.77 bits per heavy atom. The minimum absolute atomic E-state index is 0.308. The van der Waals surface area contributed by atoms with E-state index in [1.54, 1.807) is 37.4 Å². The van der Waals surface area contributed by atoms with Crippen molar-refractivity contribution in [3.8, 4) is 5.75 Å². The number of fused-ring (bicyclic) bond motifs is 1. The average Bonchev–Trinajstić information content (AvgIpc) is 2.54. The lowest BCUT2D eigenvalue weighted by Gasteiger charge is -2.12. The molecule has 2 aromatic rings. The van der Waals surface area contributed by atoms with Crippen LogP contribution in [0.5, 0.6) is 5.75 Å². The van der Waals surface area contributed by atoms with Gasteiger partial charge in [-0.25, -0.2) is 0 Å². The highest BCUT2D eigenvalue weighted by molar-refractivity contribution is 5.85. The molecule has 0 saturated carbocycles. The van der Waals surface area contributed by atoms with Gasteiger partial charge >= 0.3 is 0 Å². The fourth-order valence-corrected chi connectivity index (χ4v) is 1.96. The van der Waals surface area contributed by atoms with Crippen LogP contribution in [0.1, 0.15) is 25.5 Å². The Balaban J connectivity index is 0.000000422. The molecule has 0 aliphatic carbocycles. The normalized spacial score (nSPS) is 11.5. The first-order chi connectivity index (χ1) is 10.5. The Bertz CT molecular complexity index is 611. The van der Waals surface area contributed by atoms with Gasteiger partial charge in [0.1, 0.15) is 11.9 Å². The number of hydrogen-bond acceptors (Lipinski definition) is 4. The van der Waals surface area contributed by atoms with Crippen LogP contribution in [0.4, 0.5) is 0 Å². The number of nitrogens with two attached hydrogens (primary N) is 1. The summed E-state index contributed by atoms with van der Waals surface area (Å²) in [4.78, 5) is 10.6. The van der Waals surface area contributed by atoms with Crippen LogP contribution in [0.3, 0.4) is 0 Å². The molecule has 2 aromatic carbocycles. The van der Waals surface area contributed by atoms with Crippen LogP contribution in [0, 0.1) is 0 Å². The number of carboxylic acid groups (broad SMARTS) is 1. The summed E-state index contributed by atoms with van der Waals surface area (Å²) in [6.07, 6.45) is -1.60. The molecule has 0 aliphatic heterocycles. The first-order valence-electron chi connectivity index (χ1n) is 7.31. The number of carbonyl (C=O) groups is 1. The number of hydrogen-bond donors (Lipinski definition) is 2. The highest BCUT2D eigenvalue weighted by Gasteiger charge is 2.08. The van der Waals surface area contributed by atoms with E-state index in [0.29, 0.717) is 5.56 Å². The lowest BCUT2D eigenvalue weighted by molar-refractivity contribution is -0.648. The predicted octanol–water partition coefficient (Wildman–Crippen LogP) is 0.221. The van der Waals surface area contributed by atoms with Crippen LogP contribution in [-0.4, -0.2) is 31.3 Å². The second-order valence-corrected chi connectivity index (χ2v) is 4.80. The van der Waals surface area contributed by atoms with E-state index in [-0.39, 0.29) is 0 Å². The van der Waals surface area contributed by atoms with E-state index in [1.165, 1.54) is 13.1 Å². The third kappa shape index (κ3) is 5.02. The topological polar surface area (TPSA) is 86.2 Å². The van der Waals surface area contributed by atoms with E-state index in [0.717, 1.165) is 16.5 Å². The summed E-state index contributed by atoms with van der Waals surface area (Å²) in [5.74, 6) is -0.774. The Hall–Kier alpha value is -2.11. The maximum atomic E-state index is 10.6. The fourth-order valence-electron chi connectivity index (χ4n) is 1.96. The van der Waals surface area contributed by atoms with E-state index in [9.17, 15) is 15.0 Å². The number of aliphatic hydroxyl groups excluding tert-OH is 1. The zero-order valence-electron chi connectivity index (χ0n) is 13.2. The molecular formula is C17H23NO4. The lowest BCUT2D eigenvalue weighted by Crippen LogP contribution is -2.82. The number of carbonyl (C=O) groups excluding carboxylic acids is 1. The maximum Gasteiger partial charge on any atom is 0.119 e. The summed E-state index contributed by atoms with van der Waals surface area (Å²) in [5, 5.41) is 23.9. The summed E-state index contributed by atoms with van der Waals surface area (Å²) in [6, 6.07) is 10.3. The average molecular weight is 305 g/mol. The van der Waals surface area contributed by atoms with Crippen LogP contribution in [0.2, 0.25) is 0 Å². The maximum absolute atomic E-state index is 10.6. The summed E-state index contributed by atoms with van der Waals surface area (Å²) in [6.45, 7) is 6.75. The van der Waals surface area contributed by atoms with Crippen molar-refractivity contribution >= 4 is 16.7 Å². The molecule has 3 N–H and O–H groups in total. The molecule has 22 heavy (non-hydrogen) atoms. The fraction of sp³-hybridized carbons (Fsp3) is 0.353. The Morgan fingerprint density at radius 3 is 2.27 bits per heavy atom. The number of carboxylic acids is 1. The standard InChI is InChI=1S/C13H12O4.C4H11N/c1-17-11-5-4-8-6-10(12(14)13(15)16)3-2-9(8)7-11;1-3-5-4-2/h2-7,12,14H,1H3,(H,15,16);5H,3-4H2,1-2H3. The van der Waals surface area contributed by atoms with Crippen LogP contribution >= 0.6 is 0 Å². The summed E-state index contributed by atoms with van der Waals surface area (Å²) >= 11 is 0. The highest BCUT2D eigenvalue weighted by atomic mass is 16.5. The first-order valence-corrected chi connectivity index (χ1v) is 7.31. The van der Waals surface area contributed by atoms with E-state index < -0.39 is 12.1 Å². The van der Waals surface area contributed by atoms with Gasteiger partial charge < -0.3 is 25.1 Å². The van der Waals surface area contributed by atoms with Gasteiger partial charge in [-0.05, 0) is 48.4 Å². The molecule has 1 unspecified atom stereocenters. The second-order valence-electron chi connectivity index (χ2n) is 4.80. The number of aliphatic hydroxyl groups is 1. The molecule has 0 aromatic heterocycles. The largest absolute Gasteiger partial charge is 0.547 e. The van der Waals surface area contributed by atoms with Crippen molar-refractivity contribution in [3.63, 3.8) is 0 Å². The van der Waals surface area contributed by atoms with Gasteiger partial charge in [0.25, 0.3) is 0 Å². The molecule has 0 spiro atoms. The number of methoxy groups -OCH3 is 1. The van der Waals surface area contributed by atoms with Crippen molar-refractivity contribution < 1.29 is 25.1 Å². The second kappa shape index (κ2) is 9.02. The summed E-state index contributed by atoms with van der Waals surface area (Å²) in [7, 11) is 1.58. The number of quaternary nitrogens is 1. The number of rotatable bonds is 5. The van der Waals surface area contributed by atoms with Crippen molar-refractivity contribution in [1.29, 1.82) is 0 Å². The Morgan fingerprint density at radius 1 is 1.18 bits per heavy atom. The van der Waals surface area contributed by atoms with Gasteiger partial charge in [0.15, 0.2) is 0 Å². The van der Waals surface area contributed by atoms with Crippen LogP contribution in [0.25, 0.3) is 10.8 Å². The third-order valence-corrected chi connectivity index (χ3v) is 3.19. The predicted molar refractivity (Wildman–Crippen MR) is 83.5 cm³/mol. The van der Waals surface area contributed by atoms with Gasteiger partial charge in [-0.1, -0.05) is 18.2 Å². The van der Waals surface area contributed by atoms with Gasteiger partial charge in [0.2, 0.25) is 0 Å². The van der Waals surface area contributed by atoms with Gasteiger partial charge in [-0.3, -0.25) is 0 Å². The molecule has 0 aliphatic rings. The number of benzene rings is 2. The van der Waals surface area contributed by atoms with E-state index in [4.69, 9.17) is 4.74 Å². The van der Waals surface area contributed by atoms with Gasteiger partial charge in [0, 0.05) is 0 Å². The summed E-state index contributed by atoms with van der Waals surface area (Å²) < 4.78 is 5.08. The van der Waals surface area contributed by atoms with Crippen molar-refractivity contribution in [3.05, 3.63) is 42.0 Å². The van der Waals surface area contributed by atoms with Crippen molar-refractivity contribution in [2.75, 3.05) is 20.2 Å². The molecule has 0 heterocycles. The molecule has 0 radical (unpaired) electrons. The van der Waals surface area contributed by atoms with Gasteiger partial charge in [-0.2, -0.15) is 0 Å². The number of ether oxygens (including phenoxy) is 1. The third-order valence-electron chi connectivity index (χ3n) is 3.19. The zero-order valence-corrected chi connectivity index (χ0v) is 13.2. The first kappa shape index (κ1) is 17.9. The van der Waals surface area contributed by atoms with Crippen LogP contribution in [-0.2, 0) is 4.79 Å². The highest BCUT2D eigenvalue weighted by Crippen LogP contribution is 2.24. The van der Waals surface area contributed by atoms with Crippen LogP contribution < -0.4 is 15.2 Å². The molecule has 1 atom stereocenters. The van der Waals surface area contributed by atoms with E-state index in [1.807, 2.05) is 6.07 Å². The molecular weight excluding hydrogens is 282 g/mol. The molecule has 5 nitrogen and oxygen atoms in total. The molecule has 0 fully saturated rings. The molecule has 5 heteroatoms. The molecule has 0 saturated heterocycles. The van der Waals surface area contributed by atoms with E-state index >= 15 is 0 Å². The van der Waals surface area contributed by atoms with Crippen molar-refractivity contribution in [2.45, 2.75) is 20.0 Å². The minimum Gasteiger partial charge on any atom is -0.547 e. The quantitative estimate of drug-likeness (QED) is 0.827. The zero-order chi connectivity index (χ0) is 16.5. The summed E-state index contributed by atoms with van der Waals surface area (Å²) in [5.41, 5.74) is 0.308. The Kier molecular flexibility index (Phi) is 7.36. The molecule has 0 amide bonds. The monoisotopic (exact) mass is 305 g/mol. The molecule has 120 valence electrons. The van der Waals surface area contributed by atoms with Gasteiger partial charge in [-0.15, -0.1) is 0 Å². The van der Waals surface area contributed by atoms with Gasteiger partial charge in [0.05, 0.1) is 26.2 Å². The molecule has 2 rings (SSSR count). The number of aliphatic carboxylic acids is 1. The minimum atomic E-state index is -1.60. The van der Waals surface area contributed by atoms with Crippen molar-refractivity contribution in [2.24, 2.45) is 0 Å². The SMILES string of the molecule is CC[NH2+]CC.COc1ccc2cc(C(O)C(=O)[O-])ccc2c1. The lowest BCUT2D eigenvalue weighted by atomic mass is 10.0. The van der Waals surface area contributed by atoms with Crippen molar-refractivity contribution in [1.82, 2.24) is 0 Å². The smallest absolute Gasteiger partial charge is 0.119 e.